The molecule has 0 aliphatic rings. The third-order valence-corrected chi connectivity index (χ3v) is 2.61. The van der Waals surface area contributed by atoms with Gasteiger partial charge < -0.3 is 0 Å². The van der Waals surface area contributed by atoms with Gasteiger partial charge in [0.05, 0.1) is 0 Å². The van der Waals surface area contributed by atoms with Crippen LogP contribution >= 0.6 is 0 Å². The number of hydrogen-bond acceptors (Lipinski definition) is 0. The van der Waals surface area contributed by atoms with Gasteiger partial charge in [0.25, 0.3) is 0 Å². The standard InChI is InChI=1S/C12H24/c1-5-8-9-10-11(4)12(6-2)7-3/h5-10H2,1-4H3. The van der Waals surface area contributed by atoms with Crippen LogP contribution < -0.4 is 0 Å². The van der Waals surface area contributed by atoms with Gasteiger partial charge in [0.15, 0.2) is 0 Å². The van der Waals surface area contributed by atoms with Crippen molar-refractivity contribution in [2.24, 2.45) is 0 Å². The van der Waals surface area contributed by atoms with E-state index in [1.54, 1.807) is 11.1 Å². The molecule has 0 saturated carbocycles. The minimum Gasteiger partial charge on any atom is -0.0741 e. The third-order valence-electron chi connectivity index (χ3n) is 2.61. The molecule has 0 bridgehead atoms. The van der Waals surface area contributed by atoms with Crippen molar-refractivity contribution in [1.82, 2.24) is 0 Å². The second-order valence-corrected chi connectivity index (χ2v) is 3.55. The van der Waals surface area contributed by atoms with Gasteiger partial charge in [-0.2, -0.15) is 0 Å². The summed E-state index contributed by atoms with van der Waals surface area (Å²) in [6.07, 6.45) is 7.92. The van der Waals surface area contributed by atoms with Gasteiger partial charge >= 0.3 is 0 Å². The molecular weight excluding hydrogens is 144 g/mol. The molecule has 0 aromatic carbocycles. The molecule has 0 spiro atoms. The van der Waals surface area contributed by atoms with Crippen molar-refractivity contribution in [3.05, 3.63) is 11.1 Å². The van der Waals surface area contributed by atoms with Gasteiger partial charge in [-0.1, -0.05) is 44.8 Å². The Balaban J connectivity index is 3.79. The zero-order valence-electron chi connectivity index (χ0n) is 9.24. The molecule has 0 nitrogen and oxygen atoms in total. The fraction of sp³-hybridized carbons (Fsp3) is 0.833. The average Bonchev–Trinajstić information content (AvgIpc) is 2.07. The summed E-state index contributed by atoms with van der Waals surface area (Å²) < 4.78 is 0. The first-order chi connectivity index (χ1) is 5.76. The maximum atomic E-state index is 2.30. The summed E-state index contributed by atoms with van der Waals surface area (Å²) in [4.78, 5) is 0. The van der Waals surface area contributed by atoms with E-state index in [1.807, 2.05) is 0 Å². The summed E-state index contributed by atoms with van der Waals surface area (Å²) in [6, 6.07) is 0. The topological polar surface area (TPSA) is 0 Å². The quantitative estimate of drug-likeness (QED) is 0.398. The lowest BCUT2D eigenvalue weighted by molar-refractivity contribution is 0.704. The fourth-order valence-electron chi connectivity index (χ4n) is 1.67. The Bertz CT molecular complexity index is 125. The second-order valence-electron chi connectivity index (χ2n) is 3.55. The molecule has 0 heteroatoms. The Labute approximate surface area is 78.1 Å². The predicted octanol–water partition coefficient (Wildman–Crippen LogP) is 4.70. The normalized spacial score (nSPS) is 10.0. The summed E-state index contributed by atoms with van der Waals surface area (Å²) in [5, 5.41) is 0. The lowest BCUT2D eigenvalue weighted by Gasteiger charge is -2.07. The summed E-state index contributed by atoms with van der Waals surface area (Å²) in [7, 11) is 0. The summed E-state index contributed by atoms with van der Waals surface area (Å²) in [5.74, 6) is 0. The van der Waals surface area contributed by atoms with Crippen LogP contribution in [0.4, 0.5) is 0 Å². The van der Waals surface area contributed by atoms with Crippen molar-refractivity contribution in [3.63, 3.8) is 0 Å². The first-order valence-corrected chi connectivity index (χ1v) is 5.43. The highest BCUT2D eigenvalue weighted by Crippen LogP contribution is 2.17. The van der Waals surface area contributed by atoms with E-state index in [0.717, 1.165) is 0 Å². The zero-order valence-corrected chi connectivity index (χ0v) is 9.24. The Morgan fingerprint density at radius 2 is 1.50 bits per heavy atom. The van der Waals surface area contributed by atoms with Gasteiger partial charge in [-0.3, -0.25) is 0 Å². The molecule has 12 heavy (non-hydrogen) atoms. The first kappa shape index (κ1) is 11.7. The highest BCUT2D eigenvalue weighted by atomic mass is 14.0. The van der Waals surface area contributed by atoms with Crippen LogP contribution in [0.15, 0.2) is 11.1 Å². The molecule has 0 unspecified atom stereocenters. The number of unbranched alkanes of at least 4 members (excludes halogenated alkanes) is 2. The number of hydrogen-bond donors (Lipinski definition) is 0. The molecule has 0 aromatic rings. The van der Waals surface area contributed by atoms with Crippen LogP contribution in [0.1, 0.15) is 66.2 Å². The smallest absolute Gasteiger partial charge is 0.0320 e. The summed E-state index contributed by atoms with van der Waals surface area (Å²) in [6.45, 7) is 9.10. The van der Waals surface area contributed by atoms with E-state index < -0.39 is 0 Å². The Kier molecular flexibility index (Phi) is 7.23. The van der Waals surface area contributed by atoms with E-state index in [0.29, 0.717) is 0 Å². The van der Waals surface area contributed by atoms with Crippen molar-refractivity contribution in [1.29, 1.82) is 0 Å². The lowest BCUT2D eigenvalue weighted by Crippen LogP contribution is -1.87. The average molecular weight is 168 g/mol. The Hall–Kier alpha value is -0.260. The molecule has 0 aliphatic carbocycles. The summed E-state index contributed by atoms with van der Waals surface area (Å²) >= 11 is 0. The van der Waals surface area contributed by atoms with E-state index in [-0.39, 0.29) is 0 Å². The number of rotatable bonds is 6. The molecule has 0 heterocycles. The predicted molar refractivity (Wildman–Crippen MR) is 57.4 cm³/mol. The number of allylic oxidation sites excluding steroid dienone is 2. The van der Waals surface area contributed by atoms with Gasteiger partial charge in [0.1, 0.15) is 0 Å². The van der Waals surface area contributed by atoms with Crippen LogP contribution in [-0.4, -0.2) is 0 Å². The molecule has 0 atom stereocenters. The van der Waals surface area contributed by atoms with Crippen LogP contribution in [0.25, 0.3) is 0 Å². The van der Waals surface area contributed by atoms with Gasteiger partial charge in [-0.25, -0.2) is 0 Å². The molecule has 0 aromatic heterocycles. The van der Waals surface area contributed by atoms with Crippen molar-refractivity contribution in [2.75, 3.05) is 0 Å². The molecule has 0 radical (unpaired) electrons. The van der Waals surface area contributed by atoms with Crippen molar-refractivity contribution in [3.8, 4) is 0 Å². The van der Waals surface area contributed by atoms with Gasteiger partial charge in [0, 0.05) is 0 Å². The molecule has 0 fully saturated rings. The van der Waals surface area contributed by atoms with E-state index in [4.69, 9.17) is 0 Å². The maximum absolute atomic E-state index is 2.30. The zero-order chi connectivity index (χ0) is 9.40. The maximum Gasteiger partial charge on any atom is -0.0320 e. The van der Waals surface area contributed by atoms with Crippen LogP contribution in [0.2, 0.25) is 0 Å². The highest BCUT2D eigenvalue weighted by Gasteiger charge is 1.97. The van der Waals surface area contributed by atoms with E-state index >= 15 is 0 Å². The van der Waals surface area contributed by atoms with Gasteiger partial charge in [-0.15, -0.1) is 0 Å². The van der Waals surface area contributed by atoms with Gasteiger partial charge in [-0.05, 0) is 32.6 Å². The monoisotopic (exact) mass is 168 g/mol. The highest BCUT2D eigenvalue weighted by molar-refractivity contribution is 5.10. The Morgan fingerprint density at radius 3 is 1.92 bits per heavy atom. The van der Waals surface area contributed by atoms with Crippen molar-refractivity contribution in [2.45, 2.75) is 66.2 Å². The van der Waals surface area contributed by atoms with Crippen molar-refractivity contribution < 1.29 is 0 Å². The largest absolute Gasteiger partial charge is 0.0741 e. The second kappa shape index (κ2) is 7.39. The minimum absolute atomic E-state index is 1.24. The Morgan fingerprint density at radius 1 is 0.917 bits per heavy atom. The molecule has 72 valence electrons. The van der Waals surface area contributed by atoms with Crippen molar-refractivity contribution >= 4 is 0 Å². The molecule has 0 amide bonds. The van der Waals surface area contributed by atoms with E-state index in [1.165, 1.54) is 38.5 Å². The van der Waals surface area contributed by atoms with Crippen LogP contribution in [0.5, 0.6) is 0 Å². The third kappa shape index (κ3) is 4.58. The van der Waals surface area contributed by atoms with E-state index in [9.17, 15) is 0 Å². The molecule has 0 N–H and O–H groups in total. The fourth-order valence-corrected chi connectivity index (χ4v) is 1.67. The van der Waals surface area contributed by atoms with E-state index in [2.05, 4.69) is 27.7 Å². The van der Waals surface area contributed by atoms with Crippen LogP contribution in [-0.2, 0) is 0 Å². The van der Waals surface area contributed by atoms with Crippen LogP contribution in [0, 0.1) is 0 Å². The lowest BCUT2D eigenvalue weighted by atomic mass is 10.00. The summed E-state index contributed by atoms with van der Waals surface area (Å²) in [5.41, 5.74) is 3.32. The molecule has 0 rings (SSSR count). The van der Waals surface area contributed by atoms with Gasteiger partial charge in [0.2, 0.25) is 0 Å². The molecule has 0 saturated heterocycles. The first-order valence-electron chi connectivity index (χ1n) is 5.43. The van der Waals surface area contributed by atoms with Crippen LogP contribution in [0.3, 0.4) is 0 Å². The minimum atomic E-state index is 1.24. The SMILES string of the molecule is CCCCCC(C)=C(CC)CC. The molecular formula is C12H24. The molecule has 0 aliphatic heterocycles.